The lowest BCUT2D eigenvalue weighted by molar-refractivity contribution is -0.128. The van der Waals surface area contributed by atoms with Crippen molar-refractivity contribution in [2.75, 3.05) is 13.7 Å². The number of hydrogen-bond donors (Lipinski definition) is 3. The van der Waals surface area contributed by atoms with E-state index in [-0.39, 0.29) is 47.6 Å². The monoisotopic (exact) mass is 460 g/mol. The molecule has 31 heavy (non-hydrogen) atoms. The van der Waals surface area contributed by atoms with Gasteiger partial charge in [0.25, 0.3) is 12.3 Å². The summed E-state index contributed by atoms with van der Waals surface area (Å²) in [5.74, 6) is -0.805. The Morgan fingerprint density at radius 1 is 1.35 bits per heavy atom. The summed E-state index contributed by atoms with van der Waals surface area (Å²) in [4.78, 5) is 24.9. The van der Waals surface area contributed by atoms with Gasteiger partial charge in [0.05, 0.1) is 11.1 Å². The number of halogens is 4. The molecule has 0 spiro atoms. The van der Waals surface area contributed by atoms with Crippen molar-refractivity contribution in [1.82, 2.24) is 21.1 Å². The van der Waals surface area contributed by atoms with Crippen molar-refractivity contribution in [2.45, 2.75) is 55.8 Å². The molecule has 0 aromatic heterocycles. The first kappa shape index (κ1) is 22.2. The van der Waals surface area contributed by atoms with Crippen LogP contribution in [0.1, 0.15) is 25.7 Å². The van der Waals surface area contributed by atoms with Crippen molar-refractivity contribution in [1.29, 1.82) is 0 Å². The van der Waals surface area contributed by atoms with Crippen LogP contribution in [0.5, 0.6) is 5.75 Å². The normalized spacial score (nSPS) is 32.1. The van der Waals surface area contributed by atoms with E-state index in [1.165, 1.54) is 17.1 Å². The molecular formula is C20H24ClF3N4O3. The third-order valence-electron chi connectivity index (χ3n) is 6.40. The largest absolute Gasteiger partial charge is 0.484 e. The summed E-state index contributed by atoms with van der Waals surface area (Å²) in [5.41, 5.74) is 2.21. The number of ether oxygens (including phenoxy) is 1. The smallest absolute Gasteiger partial charge is 0.258 e. The highest BCUT2D eigenvalue weighted by Crippen LogP contribution is 2.52. The quantitative estimate of drug-likeness (QED) is 0.578. The highest BCUT2D eigenvalue weighted by atomic mass is 35.5. The number of rotatable bonds is 7. The van der Waals surface area contributed by atoms with Gasteiger partial charge in [-0.05, 0) is 43.7 Å². The van der Waals surface area contributed by atoms with Gasteiger partial charge in [0.2, 0.25) is 5.91 Å². The second-order valence-electron chi connectivity index (χ2n) is 8.61. The molecule has 11 heteroatoms. The number of nitrogens with zero attached hydrogens (tertiary/aromatic N) is 1. The Bertz CT molecular complexity index is 868. The number of fused-ring (bicyclic) bond motifs is 1. The fraction of sp³-hybridized carbons (Fsp3) is 0.600. The number of hydrogen-bond acceptors (Lipinski definition) is 5. The first-order valence-corrected chi connectivity index (χ1v) is 10.5. The van der Waals surface area contributed by atoms with Gasteiger partial charge in [0.1, 0.15) is 17.6 Å². The van der Waals surface area contributed by atoms with Crippen LogP contribution in [0.3, 0.4) is 0 Å². The van der Waals surface area contributed by atoms with Gasteiger partial charge < -0.3 is 15.4 Å². The summed E-state index contributed by atoms with van der Waals surface area (Å²) in [7, 11) is 1.58. The Morgan fingerprint density at radius 3 is 2.74 bits per heavy atom. The summed E-state index contributed by atoms with van der Waals surface area (Å²) in [6, 6.07) is 2.14. The van der Waals surface area contributed by atoms with E-state index in [0.29, 0.717) is 6.42 Å². The van der Waals surface area contributed by atoms with Crippen molar-refractivity contribution < 1.29 is 27.5 Å². The van der Waals surface area contributed by atoms with Crippen LogP contribution in [0.15, 0.2) is 18.2 Å². The number of nitrogens with one attached hydrogen (secondary N) is 3. The van der Waals surface area contributed by atoms with Crippen LogP contribution in [0.2, 0.25) is 5.02 Å². The number of carbonyl (C=O) groups excluding carboxylic acids is 2. The molecule has 1 aromatic carbocycles. The molecule has 1 aromatic rings. The Hall–Kier alpha value is -2.04. The van der Waals surface area contributed by atoms with Crippen LogP contribution in [-0.4, -0.2) is 60.6 Å². The van der Waals surface area contributed by atoms with Gasteiger partial charge in [-0.1, -0.05) is 11.6 Å². The lowest BCUT2D eigenvalue weighted by Gasteiger charge is -2.40. The van der Waals surface area contributed by atoms with Crippen molar-refractivity contribution >= 4 is 23.4 Å². The SMILES string of the molecule is CN1NC(C(F)F)CC1C(=O)NC12CC(C1)C(NC(=O)COc1ccc(Cl)c(F)c1)C2. The molecule has 3 unspecified atom stereocenters. The van der Waals surface area contributed by atoms with Crippen LogP contribution in [0.25, 0.3) is 0 Å². The maximum absolute atomic E-state index is 13.4. The van der Waals surface area contributed by atoms with Gasteiger partial charge in [-0.2, -0.15) is 0 Å². The van der Waals surface area contributed by atoms with E-state index < -0.39 is 29.9 Å². The molecule has 4 fully saturated rings. The van der Waals surface area contributed by atoms with Crippen molar-refractivity contribution in [3.05, 3.63) is 29.0 Å². The molecule has 3 N–H and O–H groups in total. The minimum absolute atomic E-state index is 0.0285. The molecule has 1 aliphatic heterocycles. The Kier molecular flexibility index (Phi) is 6.06. The first-order valence-electron chi connectivity index (χ1n) is 10.1. The summed E-state index contributed by atoms with van der Waals surface area (Å²) in [5, 5.41) is 7.34. The van der Waals surface area contributed by atoms with Crippen molar-refractivity contribution in [3.63, 3.8) is 0 Å². The zero-order valence-electron chi connectivity index (χ0n) is 16.8. The van der Waals surface area contributed by atoms with E-state index >= 15 is 0 Å². The summed E-state index contributed by atoms with van der Waals surface area (Å²) in [6.07, 6.45) is -0.455. The van der Waals surface area contributed by atoms with Crippen molar-refractivity contribution in [3.8, 4) is 5.75 Å². The van der Waals surface area contributed by atoms with Gasteiger partial charge in [-0.25, -0.2) is 23.6 Å². The molecule has 2 bridgehead atoms. The topological polar surface area (TPSA) is 82.7 Å². The molecule has 170 valence electrons. The summed E-state index contributed by atoms with van der Waals surface area (Å²) < 4.78 is 44.6. The van der Waals surface area contributed by atoms with Gasteiger partial charge >= 0.3 is 0 Å². The number of likely N-dealkylation sites (N-methyl/N-ethyl adjacent to an activating group) is 1. The number of benzene rings is 1. The standard InChI is InChI=1S/C20H24ClF3N4O3/c1-28-16(5-14(27-28)18(23)24)19(30)26-20-6-10(7-20)15(8-20)25-17(29)9-31-11-2-3-12(21)13(22)4-11/h2-4,10,14-16,18,27H,5-9H2,1H3,(H,25,29)(H,26,30). The number of hydrazine groups is 1. The van der Waals surface area contributed by atoms with Crippen LogP contribution in [0, 0.1) is 11.7 Å². The average molecular weight is 461 g/mol. The zero-order chi connectivity index (χ0) is 22.3. The molecule has 1 heterocycles. The van der Waals surface area contributed by atoms with Gasteiger partial charge in [-0.3, -0.25) is 9.59 Å². The molecule has 3 atom stereocenters. The third kappa shape index (κ3) is 4.61. The highest BCUT2D eigenvalue weighted by molar-refractivity contribution is 6.30. The first-order chi connectivity index (χ1) is 14.7. The van der Waals surface area contributed by atoms with Gasteiger partial charge in [-0.15, -0.1) is 0 Å². The predicted octanol–water partition coefficient (Wildman–Crippen LogP) is 1.85. The van der Waals surface area contributed by atoms with Crippen molar-refractivity contribution in [2.24, 2.45) is 5.92 Å². The second kappa shape index (κ2) is 8.48. The molecule has 3 aliphatic carbocycles. The van der Waals surface area contributed by atoms with Crippen LogP contribution < -0.4 is 20.8 Å². The van der Waals surface area contributed by atoms with E-state index in [1.807, 2.05) is 0 Å². The second-order valence-corrected chi connectivity index (χ2v) is 9.02. The fourth-order valence-corrected chi connectivity index (χ4v) is 4.98. The third-order valence-corrected chi connectivity index (χ3v) is 6.71. The number of carbonyl (C=O) groups is 2. The maximum atomic E-state index is 13.4. The van der Waals surface area contributed by atoms with E-state index in [1.54, 1.807) is 7.05 Å². The molecular weight excluding hydrogens is 437 g/mol. The lowest BCUT2D eigenvalue weighted by Crippen LogP contribution is -2.56. The Labute approximate surface area is 182 Å². The molecule has 4 aliphatic rings. The minimum Gasteiger partial charge on any atom is -0.484 e. The lowest BCUT2D eigenvalue weighted by atomic mass is 9.76. The number of amides is 2. The van der Waals surface area contributed by atoms with Gasteiger partial charge in [0, 0.05) is 24.7 Å². The van der Waals surface area contributed by atoms with E-state index in [4.69, 9.17) is 16.3 Å². The molecule has 0 radical (unpaired) electrons. The Balaban J connectivity index is 1.25. The maximum Gasteiger partial charge on any atom is 0.258 e. The van der Waals surface area contributed by atoms with Gasteiger partial charge in [0.15, 0.2) is 6.61 Å². The highest BCUT2D eigenvalue weighted by Gasteiger charge is 2.57. The van der Waals surface area contributed by atoms with Crippen LogP contribution in [0.4, 0.5) is 13.2 Å². The number of alkyl halides is 2. The van der Waals surface area contributed by atoms with E-state index in [2.05, 4.69) is 16.1 Å². The summed E-state index contributed by atoms with van der Waals surface area (Å²) in [6.45, 7) is -0.267. The average Bonchev–Trinajstić information content (AvgIpc) is 3.33. The predicted molar refractivity (Wildman–Crippen MR) is 106 cm³/mol. The minimum atomic E-state index is -2.54. The molecule has 7 nitrogen and oxygen atoms in total. The molecule has 1 saturated heterocycles. The molecule has 5 rings (SSSR count). The van der Waals surface area contributed by atoms with E-state index in [0.717, 1.165) is 18.9 Å². The molecule has 2 amide bonds. The summed E-state index contributed by atoms with van der Waals surface area (Å²) >= 11 is 5.62. The Morgan fingerprint density at radius 2 is 2.10 bits per heavy atom. The molecule has 3 saturated carbocycles. The van der Waals surface area contributed by atoms with E-state index in [9.17, 15) is 22.8 Å². The van der Waals surface area contributed by atoms with Crippen LogP contribution in [-0.2, 0) is 9.59 Å². The van der Waals surface area contributed by atoms with Crippen LogP contribution >= 0.6 is 11.6 Å². The fourth-order valence-electron chi connectivity index (χ4n) is 4.86. The zero-order valence-corrected chi connectivity index (χ0v) is 17.6.